The van der Waals surface area contributed by atoms with Gasteiger partial charge in [-0.2, -0.15) is 0 Å². The van der Waals surface area contributed by atoms with Gasteiger partial charge in [0.15, 0.2) is 0 Å². The number of sulfonamides is 1. The molecule has 0 aromatic heterocycles. The van der Waals surface area contributed by atoms with Gasteiger partial charge in [0.1, 0.15) is 4.90 Å². The molecule has 0 bridgehead atoms. The standard InChI is InChI=1S/C10H14Cl2N2O2S/c1-2-5-14-17(15,16)9-4-3-8(11)7(6-13)10(9)12/h3-4,14H,2,5-6,13H2,1H3. The van der Waals surface area contributed by atoms with E-state index in [0.29, 0.717) is 23.6 Å². The largest absolute Gasteiger partial charge is 0.326 e. The molecule has 0 aliphatic rings. The zero-order valence-corrected chi connectivity index (χ0v) is 11.7. The van der Waals surface area contributed by atoms with E-state index < -0.39 is 10.0 Å². The van der Waals surface area contributed by atoms with Gasteiger partial charge in [-0.1, -0.05) is 30.1 Å². The van der Waals surface area contributed by atoms with Crippen molar-refractivity contribution in [2.75, 3.05) is 6.54 Å². The van der Waals surface area contributed by atoms with Gasteiger partial charge in [0.2, 0.25) is 10.0 Å². The Balaban J connectivity index is 3.24. The first-order chi connectivity index (χ1) is 7.94. The Bertz CT molecular complexity index is 503. The third kappa shape index (κ3) is 3.33. The molecule has 0 atom stereocenters. The van der Waals surface area contributed by atoms with E-state index in [2.05, 4.69) is 4.72 Å². The molecule has 0 fully saturated rings. The van der Waals surface area contributed by atoms with E-state index in [1.54, 1.807) is 0 Å². The van der Waals surface area contributed by atoms with Crippen molar-refractivity contribution in [2.24, 2.45) is 5.73 Å². The van der Waals surface area contributed by atoms with E-state index in [0.717, 1.165) is 0 Å². The van der Waals surface area contributed by atoms with Crippen LogP contribution in [0.2, 0.25) is 10.0 Å². The molecule has 0 aliphatic heterocycles. The minimum absolute atomic E-state index is 0.0115. The van der Waals surface area contributed by atoms with Crippen molar-refractivity contribution in [2.45, 2.75) is 24.8 Å². The van der Waals surface area contributed by atoms with Crippen LogP contribution in [0, 0.1) is 0 Å². The van der Waals surface area contributed by atoms with Gasteiger partial charge in [-0.25, -0.2) is 13.1 Å². The Hall–Kier alpha value is -0.330. The molecule has 1 aromatic rings. The Morgan fingerprint density at radius 2 is 2.00 bits per heavy atom. The molecule has 0 radical (unpaired) electrons. The summed E-state index contributed by atoms with van der Waals surface area (Å²) >= 11 is 11.9. The van der Waals surface area contributed by atoms with Gasteiger partial charge in [0, 0.05) is 23.7 Å². The SMILES string of the molecule is CCCNS(=O)(=O)c1ccc(Cl)c(CN)c1Cl. The lowest BCUT2D eigenvalue weighted by molar-refractivity contribution is 0.580. The van der Waals surface area contributed by atoms with Crippen molar-refractivity contribution in [1.82, 2.24) is 4.72 Å². The normalized spacial score (nSPS) is 11.8. The minimum Gasteiger partial charge on any atom is -0.326 e. The fourth-order valence-electron chi connectivity index (χ4n) is 1.28. The van der Waals surface area contributed by atoms with Crippen molar-refractivity contribution in [1.29, 1.82) is 0 Å². The zero-order chi connectivity index (χ0) is 13.1. The summed E-state index contributed by atoms with van der Waals surface area (Å²) in [5, 5.41) is 0.454. The van der Waals surface area contributed by atoms with E-state index in [-0.39, 0.29) is 16.5 Å². The molecule has 0 aliphatic carbocycles. The molecule has 4 nitrogen and oxygen atoms in total. The van der Waals surface area contributed by atoms with Gasteiger partial charge < -0.3 is 5.73 Å². The quantitative estimate of drug-likeness (QED) is 0.874. The van der Waals surface area contributed by atoms with E-state index in [1.165, 1.54) is 12.1 Å². The summed E-state index contributed by atoms with van der Waals surface area (Å²) in [6.45, 7) is 2.32. The van der Waals surface area contributed by atoms with Gasteiger partial charge in [0.05, 0.1) is 5.02 Å². The second-order valence-corrected chi connectivity index (χ2v) is 5.96. The second-order valence-electron chi connectivity index (χ2n) is 3.44. The molecule has 0 saturated carbocycles. The van der Waals surface area contributed by atoms with Crippen LogP contribution in [0.3, 0.4) is 0 Å². The monoisotopic (exact) mass is 296 g/mol. The highest BCUT2D eigenvalue weighted by Gasteiger charge is 2.20. The molecule has 0 unspecified atom stereocenters. The fraction of sp³-hybridized carbons (Fsp3) is 0.400. The van der Waals surface area contributed by atoms with E-state index in [1.807, 2.05) is 6.92 Å². The van der Waals surface area contributed by atoms with E-state index in [9.17, 15) is 8.42 Å². The van der Waals surface area contributed by atoms with Crippen LogP contribution in [0.25, 0.3) is 0 Å². The number of hydrogen-bond donors (Lipinski definition) is 2. The number of hydrogen-bond acceptors (Lipinski definition) is 3. The van der Waals surface area contributed by atoms with Crippen LogP contribution in [0.5, 0.6) is 0 Å². The Labute approximate surface area is 111 Å². The molecular formula is C10H14Cl2N2O2S. The second kappa shape index (κ2) is 6.02. The van der Waals surface area contributed by atoms with Crippen molar-refractivity contribution in [3.63, 3.8) is 0 Å². The predicted molar refractivity (Wildman–Crippen MR) is 69.8 cm³/mol. The molecule has 0 amide bonds. The first kappa shape index (κ1) is 14.7. The highest BCUT2D eigenvalue weighted by Crippen LogP contribution is 2.30. The molecule has 0 heterocycles. The highest BCUT2D eigenvalue weighted by atomic mass is 35.5. The number of nitrogens with one attached hydrogen (secondary N) is 1. The van der Waals surface area contributed by atoms with Crippen LogP contribution < -0.4 is 10.5 Å². The maximum Gasteiger partial charge on any atom is 0.242 e. The molecule has 0 saturated heterocycles. The summed E-state index contributed by atoms with van der Waals surface area (Å²) in [6, 6.07) is 2.86. The summed E-state index contributed by atoms with van der Waals surface area (Å²) in [6.07, 6.45) is 0.703. The summed E-state index contributed by atoms with van der Waals surface area (Å²) in [5.74, 6) is 0. The van der Waals surface area contributed by atoms with Crippen molar-refractivity contribution in [3.05, 3.63) is 27.7 Å². The van der Waals surface area contributed by atoms with Crippen molar-refractivity contribution >= 4 is 33.2 Å². The minimum atomic E-state index is -3.60. The molecule has 0 spiro atoms. The number of rotatable bonds is 5. The van der Waals surface area contributed by atoms with Crippen LogP contribution in [0.15, 0.2) is 17.0 Å². The zero-order valence-electron chi connectivity index (χ0n) is 9.33. The Morgan fingerprint density at radius 3 is 2.53 bits per heavy atom. The predicted octanol–water partition coefficient (Wildman–Crippen LogP) is 2.14. The summed E-state index contributed by atoms with van der Waals surface area (Å²) < 4.78 is 26.3. The maximum atomic E-state index is 11.9. The van der Waals surface area contributed by atoms with Crippen LogP contribution in [-0.4, -0.2) is 15.0 Å². The molecule has 96 valence electrons. The highest BCUT2D eigenvalue weighted by molar-refractivity contribution is 7.89. The lowest BCUT2D eigenvalue weighted by Crippen LogP contribution is -2.25. The van der Waals surface area contributed by atoms with E-state index in [4.69, 9.17) is 28.9 Å². The van der Waals surface area contributed by atoms with Gasteiger partial charge in [-0.3, -0.25) is 0 Å². The Kier molecular flexibility index (Phi) is 5.22. The van der Waals surface area contributed by atoms with Crippen LogP contribution in [0.1, 0.15) is 18.9 Å². The van der Waals surface area contributed by atoms with Gasteiger partial charge in [-0.15, -0.1) is 0 Å². The van der Waals surface area contributed by atoms with E-state index >= 15 is 0 Å². The lowest BCUT2D eigenvalue weighted by Gasteiger charge is -2.11. The van der Waals surface area contributed by atoms with Gasteiger partial charge in [0.25, 0.3) is 0 Å². The first-order valence-electron chi connectivity index (χ1n) is 5.10. The summed E-state index contributed by atoms with van der Waals surface area (Å²) in [7, 11) is -3.60. The van der Waals surface area contributed by atoms with Crippen molar-refractivity contribution in [3.8, 4) is 0 Å². The summed E-state index contributed by atoms with van der Waals surface area (Å²) in [4.78, 5) is 0.0115. The number of nitrogens with two attached hydrogens (primary N) is 1. The average molecular weight is 297 g/mol. The number of halogens is 2. The topological polar surface area (TPSA) is 72.2 Å². The average Bonchev–Trinajstić information content (AvgIpc) is 2.26. The van der Waals surface area contributed by atoms with Crippen LogP contribution in [0.4, 0.5) is 0 Å². The number of benzene rings is 1. The molecule has 7 heteroatoms. The Morgan fingerprint density at radius 1 is 1.35 bits per heavy atom. The third-order valence-corrected chi connectivity index (χ3v) is 4.59. The third-order valence-electron chi connectivity index (χ3n) is 2.19. The molecule has 3 N–H and O–H groups in total. The van der Waals surface area contributed by atoms with Gasteiger partial charge in [-0.05, 0) is 18.6 Å². The van der Waals surface area contributed by atoms with Crippen LogP contribution in [-0.2, 0) is 16.6 Å². The lowest BCUT2D eigenvalue weighted by atomic mass is 10.2. The van der Waals surface area contributed by atoms with Crippen LogP contribution >= 0.6 is 23.2 Å². The maximum absolute atomic E-state index is 11.9. The summed E-state index contributed by atoms with van der Waals surface area (Å²) in [5.41, 5.74) is 5.92. The molecule has 1 rings (SSSR count). The first-order valence-corrected chi connectivity index (χ1v) is 7.34. The molecular weight excluding hydrogens is 283 g/mol. The molecule has 17 heavy (non-hydrogen) atoms. The fourth-order valence-corrected chi connectivity index (χ4v) is 3.35. The molecule has 1 aromatic carbocycles. The van der Waals surface area contributed by atoms with Gasteiger partial charge >= 0.3 is 0 Å². The van der Waals surface area contributed by atoms with Crippen molar-refractivity contribution < 1.29 is 8.42 Å². The smallest absolute Gasteiger partial charge is 0.242 e.